The summed E-state index contributed by atoms with van der Waals surface area (Å²) < 4.78 is 5.38. The topological polar surface area (TPSA) is 88.6 Å². The highest BCUT2D eigenvalue weighted by atomic mass is 16.5. The minimum Gasteiger partial charge on any atom is -0.497 e. The molecule has 1 aromatic rings. The zero-order valence-electron chi connectivity index (χ0n) is 17.1. The second kappa shape index (κ2) is 7.81. The van der Waals surface area contributed by atoms with Crippen LogP contribution in [0.2, 0.25) is 0 Å². The number of rotatable bonds is 5. The Kier molecular flexibility index (Phi) is 5.37. The Morgan fingerprint density at radius 2 is 2.07 bits per heavy atom. The number of fused-ring (bicyclic) bond motifs is 3. The van der Waals surface area contributed by atoms with Crippen molar-refractivity contribution in [1.82, 2.24) is 20.0 Å². The third-order valence-electron chi connectivity index (χ3n) is 6.01. The molecule has 3 heterocycles. The van der Waals surface area contributed by atoms with Crippen LogP contribution in [-0.2, 0) is 4.79 Å². The highest BCUT2D eigenvalue weighted by Crippen LogP contribution is 2.35. The molecule has 29 heavy (non-hydrogen) atoms. The van der Waals surface area contributed by atoms with Gasteiger partial charge in [-0.25, -0.2) is 4.79 Å². The number of urea groups is 1. The van der Waals surface area contributed by atoms with E-state index in [1.165, 1.54) is 4.90 Å². The summed E-state index contributed by atoms with van der Waals surface area (Å²) in [4.78, 5) is 33.3. The second-order valence-corrected chi connectivity index (χ2v) is 8.05. The van der Waals surface area contributed by atoms with Crippen molar-refractivity contribution in [3.8, 4) is 5.75 Å². The Bertz CT molecular complexity index is 790. The maximum atomic E-state index is 13.3. The molecule has 3 fully saturated rings. The van der Waals surface area contributed by atoms with Crippen LogP contribution in [0.1, 0.15) is 13.3 Å². The smallest absolute Gasteiger partial charge is 0.327 e. The van der Waals surface area contributed by atoms with Gasteiger partial charge in [0.25, 0.3) is 5.91 Å². The fourth-order valence-corrected chi connectivity index (χ4v) is 4.64. The lowest BCUT2D eigenvalue weighted by Crippen LogP contribution is -2.66. The first-order chi connectivity index (χ1) is 14.0. The van der Waals surface area contributed by atoms with Crippen LogP contribution in [0.5, 0.6) is 5.75 Å². The van der Waals surface area contributed by atoms with Crippen molar-refractivity contribution in [2.75, 3.05) is 45.3 Å². The van der Waals surface area contributed by atoms with E-state index in [0.29, 0.717) is 12.3 Å². The summed E-state index contributed by atoms with van der Waals surface area (Å²) in [5, 5.41) is 12.7. The average Bonchev–Trinajstić information content (AvgIpc) is 3.11. The van der Waals surface area contributed by atoms with Gasteiger partial charge in [0, 0.05) is 45.0 Å². The summed E-state index contributed by atoms with van der Waals surface area (Å²) in [5.74, 6) is 0.933. The molecule has 4 unspecified atom stereocenters. The zero-order valence-corrected chi connectivity index (χ0v) is 17.1. The fourth-order valence-electron chi connectivity index (χ4n) is 4.64. The minimum atomic E-state index is -0.447. The number of aliphatic hydroxyl groups excluding tert-OH is 1. The van der Waals surface area contributed by atoms with Gasteiger partial charge in [-0.05, 0) is 24.5 Å². The van der Waals surface area contributed by atoms with E-state index in [9.17, 15) is 9.59 Å². The Labute approximate surface area is 170 Å². The first-order valence-electron chi connectivity index (χ1n) is 10.1. The van der Waals surface area contributed by atoms with Crippen molar-refractivity contribution in [2.24, 2.45) is 5.92 Å². The van der Waals surface area contributed by atoms with Gasteiger partial charge >= 0.3 is 6.03 Å². The van der Waals surface area contributed by atoms with Gasteiger partial charge in [0.2, 0.25) is 0 Å². The number of anilines is 1. The van der Waals surface area contributed by atoms with Crippen molar-refractivity contribution in [3.63, 3.8) is 0 Å². The van der Waals surface area contributed by atoms with Gasteiger partial charge in [-0.3, -0.25) is 19.9 Å². The summed E-state index contributed by atoms with van der Waals surface area (Å²) in [6.45, 7) is 3.94. The summed E-state index contributed by atoms with van der Waals surface area (Å²) in [6.07, 6.45) is -0.194. The van der Waals surface area contributed by atoms with Crippen molar-refractivity contribution in [2.45, 2.75) is 31.8 Å². The summed E-state index contributed by atoms with van der Waals surface area (Å²) in [5.41, 5.74) is 1.01. The number of nitrogens with one attached hydrogen (secondary N) is 1. The maximum absolute atomic E-state index is 13.3. The second-order valence-electron chi connectivity index (χ2n) is 8.05. The van der Waals surface area contributed by atoms with Gasteiger partial charge in [0.1, 0.15) is 24.2 Å². The van der Waals surface area contributed by atoms with Crippen molar-refractivity contribution < 1.29 is 19.4 Å². The number of likely N-dealkylation sites (N-methyl/N-ethyl adjacent to an activating group) is 1. The normalized spacial score (nSPS) is 29.9. The molecule has 0 spiro atoms. The van der Waals surface area contributed by atoms with E-state index >= 15 is 0 Å². The highest BCUT2D eigenvalue weighted by Gasteiger charge is 2.56. The average molecular weight is 403 g/mol. The number of nitrogens with zero attached hydrogens (tertiary/aromatic N) is 4. The largest absolute Gasteiger partial charge is 0.497 e. The summed E-state index contributed by atoms with van der Waals surface area (Å²) >= 11 is 0. The number of hydrogen-bond donors (Lipinski definition) is 2. The maximum Gasteiger partial charge on any atom is 0.327 e. The molecule has 0 saturated carbocycles. The molecule has 3 saturated heterocycles. The Morgan fingerprint density at radius 3 is 2.79 bits per heavy atom. The van der Waals surface area contributed by atoms with Gasteiger partial charge in [0.05, 0.1) is 7.11 Å². The van der Waals surface area contributed by atoms with Crippen molar-refractivity contribution >= 4 is 17.6 Å². The third kappa shape index (κ3) is 3.33. The van der Waals surface area contributed by atoms with Crippen LogP contribution in [0.3, 0.4) is 0 Å². The SMILES string of the molecule is COc1cccc(N2CC(C)CN3C4C(=O)N(CCCO)C(=O)N(C)C4NC23)c1. The van der Waals surface area contributed by atoms with Crippen LogP contribution in [0.15, 0.2) is 24.3 Å². The number of amides is 3. The van der Waals surface area contributed by atoms with Gasteiger partial charge in [0.15, 0.2) is 0 Å². The molecule has 4 rings (SSSR count). The van der Waals surface area contributed by atoms with Crippen molar-refractivity contribution in [3.05, 3.63) is 24.3 Å². The highest BCUT2D eigenvalue weighted by molar-refractivity contribution is 6.00. The van der Waals surface area contributed by atoms with E-state index in [4.69, 9.17) is 9.84 Å². The number of hydrogen-bond acceptors (Lipinski definition) is 7. The molecule has 0 aliphatic carbocycles. The third-order valence-corrected chi connectivity index (χ3v) is 6.01. The first kappa shape index (κ1) is 19.9. The van der Waals surface area contributed by atoms with Crippen LogP contribution in [0, 0.1) is 5.92 Å². The lowest BCUT2D eigenvalue weighted by atomic mass is 10.0. The number of carbonyl (C=O) groups is 2. The monoisotopic (exact) mass is 403 g/mol. The Balaban J connectivity index is 1.66. The number of carbonyl (C=O) groups excluding carboxylic acids is 2. The van der Waals surface area contributed by atoms with Crippen LogP contribution in [0.4, 0.5) is 10.5 Å². The van der Waals surface area contributed by atoms with Gasteiger partial charge in [-0.1, -0.05) is 13.0 Å². The molecule has 0 aromatic heterocycles. The molecular weight excluding hydrogens is 374 g/mol. The van der Waals surface area contributed by atoms with Crippen LogP contribution in [0.25, 0.3) is 0 Å². The van der Waals surface area contributed by atoms with E-state index in [1.54, 1.807) is 19.1 Å². The van der Waals surface area contributed by atoms with Crippen LogP contribution >= 0.6 is 0 Å². The number of ether oxygens (including phenoxy) is 1. The lowest BCUT2D eigenvalue weighted by molar-refractivity contribution is -0.139. The summed E-state index contributed by atoms with van der Waals surface area (Å²) in [7, 11) is 3.37. The molecule has 1 aromatic carbocycles. The van der Waals surface area contributed by atoms with E-state index in [1.807, 2.05) is 24.3 Å². The number of benzene rings is 1. The molecular formula is C20H29N5O4. The number of methoxy groups -OCH3 is 1. The van der Waals surface area contributed by atoms with E-state index in [-0.39, 0.29) is 37.5 Å². The lowest BCUT2D eigenvalue weighted by Gasteiger charge is -2.46. The van der Waals surface area contributed by atoms with E-state index in [0.717, 1.165) is 24.5 Å². The molecule has 2 N–H and O–H groups in total. The quantitative estimate of drug-likeness (QED) is 0.732. The standard InChI is InChI=1S/C20H29N5O4/c1-13-11-24(14-6-4-7-15(10-14)29-3)19-21-17-16(25(19)12-13)18(27)23(8-5-9-26)20(28)22(17)2/h4,6-7,10,13,16-17,19,21,26H,5,8-9,11-12H2,1-3H3. The van der Waals surface area contributed by atoms with Gasteiger partial charge in [-0.15, -0.1) is 0 Å². The minimum absolute atomic E-state index is 0.0554. The Morgan fingerprint density at radius 1 is 1.28 bits per heavy atom. The van der Waals surface area contributed by atoms with E-state index < -0.39 is 6.04 Å². The molecule has 3 aliphatic heterocycles. The molecule has 0 bridgehead atoms. The van der Waals surface area contributed by atoms with Crippen LogP contribution < -0.4 is 15.0 Å². The zero-order chi connectivity index (χ0) is 20.7. The number of imide groups is 1. The van der Waals surface area contributed by atoms with Crippen LogP contribution in [-0.4, -0.2) is 90.6 Å². The predicted molar refractivity (Wildman–Crippen MR) is 107 cm³/mol. The van der Waals surface area contributed by atoms with Gasteiger partial charge in [-0.2, -0.15) is 0 Å². The number of aliphatic hydroxyl groups is 1. The summed E-state index contributed by atoms with van der Waals surface area (Å²) in [6, 6.07) is 7.12. The molecule has 158 valence electrons. The van der Waals surface area contributed by atoms with Crippen molar-refractivity contribution in [1.29, 1.82) is 0 Å². The molecule has 9 nitrogen and oxygen atoms in total. The molecule has 3 aliphatic rings. The molecule has 9 heteroatoms. The van der Waals surface area contributed by atoms with Gasteiger partial charge < -0.3 is 19.6 Å². The Hall–Kier alpha value is -2.36. The fraction of sp³-hybridized carbons (Fsp3) is 0.600. The first-order valence-corrected chi connectivity index (χ1v) is 10.1. The predicted octanol–water partition coefficient (Wildman–Crippen LogP) is 0.311. The molecule has 4 atom stereocenters. The van der Waals surface area contributed by atoms with E-state index in [2.05, 4.69) is 22.0 Å². The molecule has 3 amide bonds. The molecule has 0 radical (unpaired) electrons.